The fourth-order valence-electron chi connectivity index (χ4n) is 1.29. The van der Waals surface area contributed by atoms with Gasteiger partial charge in [-0.05, 0) is 18.2 Å². The SMILES string of the molecule is Nc1cc(C(=O)O)cc(C(=O)O)c1.O=C(O)CCNCC(=O)O. The molecule has 0 saturated heterocycles. The predicted molar refractivity (Wildman–Crippen MR) is 77.5 cm³/mol. The second-order valence-corrected chi connectivity index (χ2v) is 4.17. The minimum Gasteiger partial charge on any atom is -0.481 e. The Kier molecular flexibility index (Phi) is 8.41. The number of carboxylic acid groups (broad SMARTS) is 4. The number of carboxylic acids is 4. The number of hydrogen-bond acceptors (Lipinski definition) is 6. The molecule has 10 nitrogen and oxygen atoms in total. The second kappa shape index (κ2) is 9.73. The van der Waals surface area contributed by atoms with Crippen LogP contribution in [0.4, 0.5) is 5.69 Å². The van der Waals surface area contributed by atoms with Crippen LogP contribution in [-0.4, -0.2) is 57.4 Å². The van der Waals surface area contributed by atoms with Crippen LogP contribution in [0.2, 0.25) is 0 Å². The lowest BCUT2D eigenvalue weighted by atomic mass is 10.1. The Balaban J connectivity index is 0.000000438. The number of aromatic carboxylic acids is 2. The Morgan fingerprint density at radius 2 is 1.35 bits per heavy atom. The van der Waals surface area contributed by atoms with Crippen LogP contribution in [0.1, 0.15) is 27.1 Å². The molecule has 1 aromatic rings. The lowest BCUT2D eigenvalue weighted by Gasteiger charge is -1.99. The number of rotatable bonds is 7. The average Bonchev–Trinajstić information content (AvgIpc) is 2.43. The van der Waals surface area contributed by atoms with Gasteiger partial charge in [0.1, 0.15) is 0 Å². The lowest BCUT2D eigenvalue weighted by molar-refractivity contribution is -0.138. The smallest absolute Gasteiger partial charge is 0.335 e. The van der Waals surface area contributed by atoms with Gasteiger partial charge >= 0.3 is 23.9 Å². The first-order valence-electron chi connectivity index (χ1n) is 6.15. The molecule has 0 aliphatic rings. The predicted octanol–water partition coefficient (Wildman–Crippen LogP) is -0.200. The number of nitrogen functional groups attached to an aromatic ring is 1. The molecular formula is C13H16N2O8. The van der Waals surface area contributed by atoms with E-state index in [0.29, 0.717) is 0 Å². The molecular weight excluding hydrogens is 312 g/mol. The van der Waals surface area contributed by atoms with Crippen molar-refractivity contribution >= 4 is 29.6 Å². The van der Waals surface area contributed by atoms with Gasteiger partial charge in [0.2, 0.25) is 0 Å². The molecule has 0 aliphatic carbocycles. The van der Waals surface area contributed by atoms with E-state index < -0.39 is 23.9 Å². The van der Waals surface area contributed by atoms with Crippen LogP contribution >= 0.6 is 0 Å². The molecule has 0 bridgehead atoms. The number of anilines is 1. The highest BCUT2D eigenvalue weighted by molar-refractivity contribution is 5.95. The molecule has 0 atom stereocenters. The Morgan fingerprint density at radius 1 is 0.870 bits per heavy atom. The minimum absolute atomic E-state index is 0.0483. The van der Waals surface area contributed by atoms with Crippen LogP contribution in [0, 0.1) is 0 Å². The van der Waals surface area contributed by atoms with Crippen molar-refractivity contribution in [3.8, 4) is 0 Å². The van der Waals surface area contributed by atoms with Crippen LogP contribution in [-0.2, 0) is 9.59 Å². The standard InChI is InChI=1S/C8H7NO4.C5H9NO4/c9-6-2-4(7(10)11)1-5(3-6)8(12)13;7-4(8)1-2-6-3-5(9)10/h1-3H,9H2,(H,10,11)(H,12,13);6H,1-3H2,(H,7,8)(H,9,10). The summed E-state index contributed by atoms with van der Waals surface area (Å²) in [5.74, 6) is -4.31. The quantitative estimate of drug-likeness (QED) is 0.289. The van der Waals surface area contributed by atoms with E-state index in [1.165, 1.54) is 12.1 Å². The third-order valence-electron chi connectivity index (χ3n) is 2.24. The van der Waals surface area contributed by atoms with Crippen molar-refractivity contribution in [2.75, 3.05) is 18.8 Å². The van der Waals surface area contributed by atoms with Crippen LogP contribution in [0.15, 0.2) is 18.2 Å². The van der Waals surface area contributed by atoms with Gasteiger partial charge in [-0.2, -0.15) is 0 Å². The van der Waals surface area contributed by atoms with E-state index in [2.05, 4.69) is 5.32 Å². The first-order chi connectivity index (χ1) is 10.6. The summed E-state index contributed by atoms with van der Waals surface area (Å²) in [6, 6.07) is 3.46. The molecule has 0 unspecified atom stereocenters. The lowest BCUT2D eigenvalue weighted by Crippen LogP contribution is -2.24. The number of hydrogen-bond donors (Lipinski definition) is 6. The van der Waals surface area contributed by atoms with E-state index in [4.69, 9.17) is 26.2 Å². The first-order valence-corrected chi connectivity index (χ1v) is 6.15. The summed E-state index contributed by atoms with van der Waals surface area (Å²) in [5.41, 5.74) is 5.18. The molecule has 0 radical (unpaired) electrons. The molecule has 1 rings (SSSR count). The van der Waals surface area contributed by atoms with Gasteiger partial charge in [-0.1, -0.05) is 0 Å². The Hall–Kier alpha value is -3.14. The van der Waals surface area contributed by atoms with Crippen LogP contribution < -0.4 is 11.1 Å². The van der Waals surface area contributed by atoms with Gasteiger partial charge < -0.3 is 31.5 Å². The third-order valence-corrected chi connectivity index (χ3v) is 2.24. The Morgan fingerprint density at radius 3 is 1.70 bits per heavy atom. The highest BCUT2D eigenvalue weighted by Gasteiger charge is 2.09. The van der Waals surface area contributed by atoms with Gasteiger partial charge in [-0.25, -0.2) is 9.59 Å². The summed E-state index contributed by atoms with van der Waals surface area (Å²) >= 11 is 0. The fraction of sp³-hybridized carbons (Fsp3) is 0.231. The van der Waals surface area contributed by atoms with E-state index >= 15 is 0 Å². The highest BCUT2D eigenvalue weighted by atomic mass is 16.4. The van der Waals surface area contributed by atoms with Crippen molar-refractivity contribution in [2.45, 2.75) is 6.42 Å². The molecule has 1 aromatic carbocycles. The van der Waals surface area contributed by atoms with Gasteiger partial charge in [0.15, 0.2) is 0 Å². The highest BCUT2D eigenvalue weighted by Crippen LogP contribution is 2.11. The Labute approximate surface area is 130 Å². The van der Waals surface area contributed by atoms with Crippen molar-refractivity contribution in [3.63, 3.8) is 0 Å². The van der Waals surface area contributed by atoms with E-state index in [1.54, 1.807) is 0 Å². The summed E-state index contributed by atoms with van der Waals surface area (Å²) in [5, 5.41) is 35.7. The van der Waals surface area contributed by atoms with Gasteiger partial charge in [0, 0.05) is 12.2 Å². The summed E-state index contributed by atoms with van der Waals surface area (Å²) in [4.78, 5) is 40.6. The molecule has 0 saturated carbocycles. The normalized spacial score (nSPS) is 9.39. The summed E-state index contributed by atoms with van der Waals surface area (Å²) in [6.45, 7) is 0.00884. The maximum atomic E-state index is 10.5. The summed E-state index contributed by atoms with van der Waals surface area (Å²) in [6.07, 6.45) is -0.0483. The maximum Gasteiger partial charge on any atom is 0.335 e. The van der Waals surface area contributed by atoms with E-state index in [9.17, 15) is 19.2 Å². The molecule has 0 heterocycles. The number of carbonyl (C=O) groups is 4. The molecule has 10 heteroatoms. The minimum atomic E-state index is -1.20. The number of benzene rings is 1. The van der Waals surface area contributed by atoms with Crippen LogP contribution in [0.25, 0.3) is 0 Å². The van der Waals surface area contributed by atoms with Gasteiger partial charge in [-0.15, -0.1) is 0 Å². The van der Waals surface area contributed by atoms with Crippen molar-refractivity contribution in [1.82, 2.24) is 5.32 Å². The van der Waals surface area contributed by atoms with Crippen molar-refractivity contribution in [2.24, 2.45) is 0 Å². The Bertz CT molecular complexity index is 551. The van der Waals surface area contributed by atoms with Crippen LogP contribution in [0.3, 0.4) is 0 Å². The summed E-state index contributed by atoms with van der Waals surface area (Å²) in [7, 11) is 0. The van der Waals surface area contributed by atoms with Gasteiger partial charge in [-0.3, -0.25) is 9.59 Å². The second-order valence-electron chi connectivity index (χ2n) is 4.17. The van der Waals surface area contributed by atoms with Crippen molar-refractivity contribution in [1.29, 1.82) is 0 Å². The fourth-order valence-corrected chi connectivity index (χ4v) is 1.29. The zero-order valence-corrected chi connectivity index (χ0v) is 11.9. The van der Waals surface area contributed by atoms with Gasteiger partial charge in [0.25, 0.3) is 0 Å². The largest absolute Gasteiger partial charge is 0.481 e. The molecule has 0 aliphatic heterocycles. The van der Waals surface area contributed by atoms with E-state index in [0.717, 1.165) is 6.07 Å². The maximum absolute atomic E-state index is 10.5. The zero-order chi connectivity index (χ0) is 18.0. The molecule has 126 valence electrons. The average molecular weight is 328 g/mol. The van der Waals surface area contributed by atoms with Gasteiger partial charge in [0.05, 0.1) is 24.1 Å². The van der Waals surface area contributed by atoms with Crippen molar-refractivity contribution < 1.29 is 39.6 Å². The monoisotopic (exact) mass is 328 g/mol. The third kappa shape index (κ3) is 9.42. The number of nitrogens with two attached hydrogens (primary N) is 1. The molecule has 0 spiro atoms. The molecule has 23 heavy (non-hydrogen) atoms. The number of nitrogens with one attached hydrogen (secondary N) is 1. The molecule has 0 fully saturated rings. The van der Waals surface area contributed by atoms with Crippen molar-refractivity contribution in [3.05, 3.63) is 29.3 Å². The van der Waals surface area contributed by atoms with E-state index in [1.807, 2.05) is 0 Å². The molecule has 7 N–H and O–H groups in total. The number of aliphatic carboxylic acids is 2. The molecule has 0 aromatic heterocycles. The topological polar surface area (TPSA) is 187 Å². The first kappa shape index (κ1) is 19.9. The summed E-state index contributed by atoms with van der Waals surface area (Å²) < 4.78 is 0. The zero-order valence-electron chi connectivity index (χ0n) is 11.9. The van der Waals surface area contributed by atoms with Crippen LogP contribution in [0.5, 0.6) is 0 Å². The van der Waals surface area contributed by atoms with E-state index in [-0.39, 0.29) is 36.3 Å². The molecule has 0 amide bonds.